The summed E-state index contributed by atoms with van der Waals surface area (Å²) in [6, 6.07) is 5.59. The zero-order valence-corrected chi connectivity index (χ0v) is 16.8. The van der Waals surface area contributed by atoms with Gasteiger partial charge in [-0.3, -0.25) is 0 Å². The standard InChI is InChI=1S/C22H27FN5O2/c23-20-16(25-12-13-27-18-4-1-2-11-26-18)15-30-22-8-5-19(29)28(20,24)17(22)14-21(9-10-22)6-3-7-21/h1-2,4-5,8,11,14-15,20,25H,3,6-7,9-10,12-13,24H2,(H,26,27)/q+1. The number of anilines is 1. The van der Waals surface area contributed by atoms with Crippen LogP contribution in [0.3, 0.4) is 0 Å². The lowest BCUT2D eigenvalue weighted by Gasteiger charge is -2.50. The summed E-state index contributed by atoms with van der Waals surface area (Å²) in [6.07, 6.45) is 11.4. The number of nitrogens with zero attached hydrogens (tertiary/aromatic N) is 2. The number of hydrogen-bond donors (Lipinski definition) is 3. The summed E-state index contributed by atoms with van der Waals surface area (Å²) < 4.78 is 21.1. The average Bonchev–Trinajstić information content (AvgIpc) is 2.81. The second kappa shape index (κ2) is 6.92. The minimum absolute atomic E-state index is 0.0286. The Bertz CT molecular complexity index is 942. The second-order valence-corrected chi connectivity index (χ2v) is 8.68. The number of carbonyl (C=O) groups is 1. The minimum Gasteiger partial charge on any atom is -0.478 e. The maximum absolute atomic E-state index is 15.8. The molecule has 1 aromatic heterocycles. The highest BCUT2D eigenvalue weighted by Gasteiger charge is 2.63. The first-order valence-corrected chi connectivity index (χ1v) is 10.5. The molecule has 3 unspecified atom stereocenters. The van der Waals surface area contributed by atoms with E-state index in [1.54, 1.807) is 12.3 Å². The molecule has 4 aliphatic rings. The molecule has 158 valence electrons. The smallest absolute Gasteiger partial charge is 0.365 e. The van der Waals surface area contributed by atoms with Crippen molar-refractivity contribution < 1.29 is 18.5 Å². The molecule has 1 saturated carbocycles. The van der Waals surface area contributed by atoms with Crippen LogP contribution < -0.4 is 16.5 Å². The highest BCUT2D eigenvalue weighted by molar-refractivity contribution is 5.84. The lowest BCUT2D eigenvalue weighted by Crippen LogP contribution is -2.68. The Labute approximate surface area is 175 Å². The maximum Gasteiger partial charge on any atom is 0.365 e. The summed E-state index contributed by atoms with van der Waals surface area (Å²) in [6.45, 7) is 0.943. The first kappa shape index (κ1) is 19.3. The van der Waals surface area contributed by atoms with Crippen molar-refractivity contribution >= 4 is 11.7 Å². The van der Waals surface area contributed by atoms with Gasteiger partial charge in [0.25, 0.3) is 0 Å². The third-order valence-electron chi connectivity index (χ3n) is 6.91. The molecule has 0 radical (unpaired) electrons. The third kappa shape index (κ3) is 2.86. The molecule has 2 aliphatic heterocycles. The highest BCUT2D eigenvalue weighted by atomic mass is 19.1. The molecule has 1 amide bonds. The summed E-state index contributed by atoms with van der Waals surface area (Å²) in [7, 11) is 0. The van der Waals surface area contributed by atoms with Gasteiger partial charge in [-0.2, -0.15) is 10.2 Å². The third-order valence-corrected chi connectivity index (χ3v) is 6.91. The Morgan fingerprint density at radius 2 is 2.07 bits per heavy atom. The van der Waals surface area contributed by atoms with E-state index < -0.39 is 22.4 Å². The molecule has 4 N–H and O–H groups in total. The monoisotopic (exact) mass is 412 g/mol. The van der Waals surface area contributed by atoms with Crippen molar-refractivity contribution in [2.75, 3.05) is 18.4 Å². The number of hydrogen-bond acceptors (Lipinski definition) is 6. The number of quaternary nitrogens is 1. The van der Waals surface area contributed by atoms with E-state index in [-0.39, 0.29) is 11.1 Å². The van der Waals surface area contributed by atoms with E-state index >= 15 is 4.39 Å². The molecule has 7 nitrogen and oxygen atoms in total. The molecule has 1 fully saturated rings. The molecule has 5 rings (SSSR count). The van der Waals surface area contributed by atoms with Crippen molar-refractivity contribution in [2.45, 2.75) is 44.0 Å². The van der Waals surface area contributed by atoms with Crippen molar-refractivity contribution in [2.24, 2.45) is 11.3 Å². The van der Waals surface area contributed by atoms with E-state index in [0.717, 1.165) is 31.5 Å². The molecule has 2 bridgehead atoms. The zero-order chi connectivity index (χ0) is 20.8. The first-order valence-electron chi connectivity index (χ1n) is 10.5. The molecular weight excluding hydrogens is 385 g/mol. The van der Waals surface area contributed by atoms with Gasteiger partial charge < -0.3 is 15.4 Å². The largest absolute Gasteiger partial charge is 0.478 e. The molecular formula is C22H27FN5O2+. The Morgan fingerprint density at radius 1 is 1.23 bits per heavy atom. The van der Waals surface area contributed by atoms with Crippen molar-refractivity contribution in [3.63, 3.8) is 0 Å². The average molecular weight is 412 g/mol. The molecule has 3 atom stereocenters. The topological polar surface area (TPSA) is 89.3 Å². The number of aromatic nitrogens is 1. The van der Waals surface area contributed by atoms with Crippen LogP contribution >= 0.6 is 0 Å². The maximum atomic E-state index is 15.8. The van der Waals surface area contributed by atoms with Crippen LogP contribution in [0.15, 0.2) is 60.3 Å². The van der Waals surface area contributed by atoms with Crippen molar-refractivity contribution in [1.29, 1.82) is 0 Å². The summed E-state index contributed by atoms with van der Waals surface area (Å²) in [5, 5.41) is 6.23. The molecule has 3 heterocycles. The molecule has 1 aromatic rings. The Morgan fingerprint density at radius 3 is 2.80 bits per heavy atom. The van der Waals surface area contributed by atoms with Gasteiger partial charge in [0.2, 0.25) is 5.60 Å². The number of amides is 1. The van der Waals surface area contributed by atoms with E-state index in [2.05, 4.69) is 15.6 Å². The van der Waals surface area contributed by atoms with Gasteiger partial charge >= 0.3 is 12.2 Å². The normalized spacial score (nSPS) is 33.4. The fourth-order valence-corrected chi connectivity index (χ4v) is 4.94. The van der Waals surface area contributed by atoms with Gasteiger partial charge in [-0.05, 0) is 49.0 Å². The first-order chi connectivity index (χ1) is 14.5. The molecule has 8 heteroatoms. The van der Waals surface area contributed by atoms with E-state index in [9.17, 15) is 4.79 Å². The number of rotatable bonds is 5. The van der Waals surface area contributed by atoms with Crippen LogP contribution in [0.5, 0.6) is 0 Å². The number of alkyl halides is 1. The van der Waals surface area contributed by atoms with Crippen LogP contribution in [-0.2, 0) is 9.53 Å². The predicted molar refractivity (Wildman–Crippen MR) is 110 cm³/mol. The van der Waals surface area contributed by atoms with Crippen molar-refractivity contribution in [1.82, 2.24) is 10.3 Å². The summed E-state index contributed by atoms with van der Waals surface area (Å²) in [5.41, 5.74) is -0.118. The number of carbonyl (C=O) groups excluding carboxylic acids is 1. The molecule has 0 aromatic carbocycles. The Balaban J connectivity index is 1.38. The number of pyridine rings is 1. The number of nitrogens with two attached hydrogens (primary N) is 1. The van der Waals surface area contributed by atoms with Crippen LogP contribution in [0, 0.1) is 5.41 Å². The van der Waals surface area contributed by atoms with E-state index in [4.69, 9.17) is 10.6 Å². The van der Waals surface area contributed by atoms with Crippen LogP contribution in [0.25, 0.3) is 0 Å². The van der Waals surface area contributed by atoms with Crippen LogP contribution in [-0.4, -0.2) is 40.5 Å². The lowest BCUT2D eigenvalue weighted by molar-refractivity contribution is -0.868. The van der Waals surface area contributed by atoms with Crippen molar-refractivity contribution in [3.8, 4) is 0 Å². The van der Waals surface area contributed by atoms with Gasteiger partial charge in [0, 0.05) is 31.8 Å². The van der Waals surface area contributed by atoms with Gasteiger partial charge in [-0.25, -0.2) is 9.78 Å². The fourth-order valence-electron chi connectivity index (χ4n) is 4.94. The predicted octanol–water partition coefficient (Wildman–Crippen LogP) is 2.62. The van der Waals surface area contributed by atoms with Crippen LogP contribution in [0.4, 0.5) is 10.2 Å². The van der Waals surface area contributed by atoms with Gasteiger partial charge in [0.05, 0.1) is 0 Å². The molecule has 30 heavy (non-hydrogen) atoms. The van der Waals surface area contributed by atoms with Gasteiger partial charge in [-0.15, -0.1) is 4.59 Å². The second-order valence-electron chi connectivity index (χ2n) is 8.68. The number of allylic oxidation sites excluding steroid dienone is 1. The van der Waals surface area contributed by atoms with E-state index in [1.807, 2.05) is 24.3 Å². The Kier molecular flexibility index (Phi) is 4.44. The van der Waals surface area contributed by atoms with Gasteiger partial charge in [0.1, 0.15) is 17.8 Å². The number of halogens is 1. The highest BCUT2D eigenvalue weighted by Crippen LogP contribution is 2.56. The summed E-state index contributed by atoms with van der Waals surface area (Å²) in [5.74, 6) is 6.80. The summed E-state index contributed by atoms with van der Waals surface area (Å²) >= 11 is 0. The molecule has 1 spiro atoms. The van der Waals surface area contributed by atoms with Crippen molar-refractivity contribution in [3.05, 3.63) is 60.3 Å². The van der Waals surface area contributed by atoms with E-state index in [0.29, 0.717) is 25.2 Å². The Hall–Kier alpha value is -2.71. The number of ether oxygens (including phenoxy) is 1. The van der Waals surface area contributed by atoms with Gasteiger partial charge in [0.15, 0.2) is 5.70 Å². The SMILES string of the molecule is N[N+]12C(=O)C=CC3(CCC4(C=C31)CCC4)OC=C(NCCNc1ccccn1)C2F. The quantitative estimate of drug-likeness (QED) is 0.227. The molecule has 2 aliphatic carbocycles. The summed E-state index contributed by atoms with van der Waals surface area (Å²) in [4.78, 5) is 17.1. The number of nitrogens with one attached hydrogen (secondary N) is 2. The van der Waals surface area contributed by atoms with Crippen LogP contribution in [0.2, 0.25) is 0 Å². The minimum atomic E-state index is -1.76. The van der Waals surface area contributed by atoms with Gasteiger partial charge in [-0.1, -0.05) is 12.5 Å². The van der Waals surface area contributed by atoms with Crippen LogP contribution in [0.1, 0.15) is 32.1 Å². The fraction of sp³-hybridized carbons (Fsp3) is 0.455. The zero-order valence-electron chi connectivity index (χ0n) is 16.8. The molecule has 0 saturated heterocycles. The lowest BCUT2D eigenvalue weighted by atomic mass is 9.60. The van der Waals surface area contributed by atoms with E-state index in [1.165, 1.54) is 12.3 Å².